The molecule has 1 aliphatic rings. The van der Waals surface area contributed by atoms with Crippen molar-refractivity contribution in [2.24, 2.45) is 0 Å². The summed E-state index contributed by atoms with van der Waals surface area (Å²) >= 11 is 13.2. The molecule has 1 heterocycles. The third kappa shape index (κ3) is 6.17. The van der Waals surface area contributed by atoms with Crippen LogP contribution >= 0.6 is 23.2 Å². The van der Waals surface area contributed by atoms with Gasteiger partial charge in [-0.25, -0.2) is 8.42 Å². The van der Waals surface area contributed by atoms with Gasteiger partial charge in [0.1, 0.15) is 16.9 Å². The molecule has 0 N–H and O–H groups in total. The number of fused-ring (bicyclic) bond motifs is 1. The van der Waals surface area contributed by atoms with Crippen molar-refractivity contribution in [3.8, 4) is 11.5 Å². The Morgan fingerprint density at radius 2 is 1.61 bits per heavy atom. The summed E-state index contributed by atoms with van der Waals surface area (Å²) < 4.78 is 42.2. The molecule has 7 nitrogen and oxygen atoms in total. The molecular formula is C34H33Cl2NO6S. The van der Waals surface area contributed by atoms with Gasteiger partial charge in [0.2, 0.25) is 5.91 Å². The van der Waals surface area contributed by atoms with Crippen molar-refractivity contribution in [1.29, 1.82) is 0 Å². The molecule has 4 aromatic rings. The van der Waals surface area contributed by atoms with Crippen LogP contribution in [0, 0.1) is 6.92 Å². The molecule has 1 atom stereocenters. The van der Waals surface area contributed by atoms with E-state index < -0.39 is 15.3 Å². The zero-order chi connectivity index (χ0) is 31.6. The maximum absolute atomic E-state index is 14.4. The summed E-state index contributed by atoms with van der Waals surface area (Å²) in [6.45, 7) is 4.16. The van der Waals surface area contributed by atoms with Crippen LogP contribution in [0.15, 0.2) is 83.8 Å². The first-order valence-corrected chi connectivity index (χ1v) is 16.4. The Morgan fingerprint density at radius 1 is 0.864 bits per heavy atom. The van der Waals surface area contributed by atoms with E-state index in [1.165, 1.54) is 0 Å². The van der Waals surface area contributed by atoms with Gasteiger partial charge in [-0.3, -0.25) is 4.79 Å². The van der Waals surface area contributed by atoms with Crippen molar-refractivity contribution >= 4 is 44.6 Å². The van der Waals surface area contributed by atoms with Crippen molar-refractivity contribution in [3.63, 3.8) is 0 Å². The maximum atomic E-state index is 14.4. The summed E-state index contributed by atoms with van der Waals surface area (Å²) in [6, 6.07) is 23.0. The second-order valence-corrected chi connectivity index (χ2v) is 13.8. The minimum Gasteiger partial charge on any atom is -0.497 e. The van der Waals surface area contributed by atoms with E-state index in [0.717, 1.165) is 27.9 Å². The second-order valence-electron chi connectivity index (χ2n) is 10.9. The Bertz CT molecular complexity index is 1810. The van der Waals surface area contributed by atoms with E-state index in [4.69, 9.17) is 37.4 Å². The highest BCUT2D eigenvalue weighted by Crippen LogP contribution is 2.49. The lowest BCUT2D eigenvalue weighted by Gasteiger charge is -2.27. The summed E-state index contributed by atoms with van der Waals surface area (Å²) in [7, 11) is -0.320. The highest BCUT2D eigenvalue weighted by atomic mass is 35.5. The van der Waals surface area contributed by atoms with Crippen LogP contribution in [0.3, 0.4) is 0 Å². The fraction of sp³-hybridized carbons (Fsp3) is 0.265. The standard InChI is InChI=1S/C34H33Cl2NO6S/c1-22-5-11-27(12-6-22)44(39,40)16-15-43-21-23-7-13-30(36)28(17-23)34(2)29-18-25(35)9-14-31(29)37(33(34)38)20-24-8-10-26(41-3)19-32(24)42-4/h5-14,17-19H,15-16,20-21H2,1-4H3. The lowest BCUT2D eigenvalue weighted by atomic mass is 9.76. The van der Waals surface area contributed by atoms with E-state index in [1.807, 2.05) is 44.2 Å². The highest BCUT2D eigenvalue weighted by molar-refractivity contribution is 7.91. The number of aryl methyl sites for hydroxylation is 1. The summed E-state index contributed by atoms with van der Waals surface area (Å²) in [6.07, 6.45) is 0. The molecule has 0 saturated heterocycles. The van der Waals surface area contributed by atoms with Crippen LogP contribution in [0.25, 0.3) is 0 Å². The second kappa shape index (κ2) is 12.8. The molecule has 1 amide bonds. The number of rotatable bonds is 11. The van der Waals surface area contributed by atoms with Crippen LogP contribution in [0.1, 0.15) is 34.7 Å². The zero-order valence-corrected chi connectivity index (χ0v) is 27.2. The first-order chi connectivity index (χ1) is 21.0. The molecule has 1 aliphatic heterocycles. The smallest absolute Gasteiger partial charge is 0.242 e. The van der Waals surface area contributed by atoms with Gasteiger partial charge < -0.3 is 19.1 Å². The molecule has 0 aromatic heterocycles. The van der Waals surface area contributed by atoms with Gasteiger partial charge in [0.15, 0.2) is 9.84 Å². The Labute approximate surface area is 268 Å². The van der Waals surface area contributed by atoms with Crippen molar-refractivity contribution in [2.75, 3.05) is 31.5 Å². The number of carbonyl (C=O) groups excluding carboxylic acids is 1. The number of anilines is 1. The van der Waals surface area contributed by atoms with Crippen LogP contribution in [0.2, 0.25) is 10.0 Å². The number of ether oxygens (including phenoxy) is 3. The normalized spacial score (nSPS) is 16.2. The van der Waals surface area contributed by atoms with Gasteiger partial charge in [-0.05, 0) is 79.1 Å². The van der Waals surface area contributed by atoms with Crippen LogP contribution < -0.4 is 14.4 Å². The third-order valence-electron chi connectivity index (χ3n) is 8.00. The topological polar surface area (TPSA) is 82.1 Å². The molecule has 1 unspecified atom stereocenters. The van der Waals surface area contributed by atoms with Gasteiger partial charge in [-0.1, -0.05) is 53.0 Å². The number of sulfone groups is 1. The van der Waals surface area contributed by atoms with Crippen molar-refractivity contribution in [3.05, 3.63) is 117 Å². The van der Waals surface area contributed by atoms with Gasteiger partial charge in [0.25, 0.3) is 0 Å². The molecular weight excluding hydrogens is 621 g/mol. The third-order valence-corrected chi connectivity index (χ3v) is 10.3. The van der Waals surface area contributed by atoms with E-state index in [2.05, 4.69) is 0 Å². The quantitative estimate of drug-likeness (QED) is 0.160. The number of hydrogen-bond donors (Lipinski definition) is 0. The van der Waals surface area contributed by atoms with Gasteiger partial charge in [0.05, 0.1) is 44.6 Å². The number of nitrogens with zero attached hydrogens (tertiary/aromatic N) is 1. The van der Waals surface area contributed by atoms with Crippen molar-refractivity contribution in [2.45, 2.75) is 37.3 Å². The van der Waals surface area contributed by atoms with E-state index in [0.29, 0.717) is 27.1 Å². The van der Waals surface area contributed by atoms with Gasteiger partial charge in [-0.15, -0.1) is 0 Å². The summed E-state index contributed by atoms with van der Waals surface area (Å²) in [5, 5.41) is 0.915. The van der Waals surface area contributed by atoms with E-state index >= 15 is 0 Å². The average molecular weight is 655 g/mol. The van der Waals surface area contributed by atoms with Gasteiger partial charge in [-0.2, -0.15) is 0 Å². The lowest BCUT2D eigenvalue weighted by molar-refractivity contribution is -0.121. The zero-order valence-electron chi connectivity index (χ0n) is 24.9. The molecule has 5 rings (SSSR count). The Kier molecular flexibility index (Phi) is 9.28. The highest BCUT2D eigenvalue weighted by Gasteiger charge is 2.50. The molecule has 0 bridgehead atoms. The largest absolute Gasteiger partial charge is 0.497 e. The predicted octanol–water partition coefficient (Wildman–Crippen LogP) is 7.16. The first-order valence-electron chi connectivity index (χ1n) is 14.0. The molecule has 0 aliphatic carbocycles. The summed E-state index contributed by atoms with van der Waals surface area (Å²) in [5.74, 6) is 0.927. The maximum Gasteiger partial charge on any atom is 0.242 e. The molecule has 0 spiro atoms. The monoisotopic (exact) mass is 653 g/mol. The number of benzene rings is 4. The number of methoxy groups -OCH3 is 2. The minimum absolute atomic E-state index is 0.0142. The number of carbonyl (C=O) groups is 1. The number of halogens is 2. The number of amides is 1. The lowest BCUT2D eigenvalue weighted by Crippen LogP contribution is -2.39. The Hall–Kier alpha value is -3.56. The molecule has 230 valence electrons. The summed E-state index contributed by atoms with van der Waals surface area (Å²) in [5.41, 5.74) is 3.45. The van der Waals surface area contributed by atoms with E-state index in [1.54, 1.807) is 67.7 Å². The fourth-order valence-corrected chi connectivity index (χ4v) is 7.08. The van der Waals surface area contributed by atoms with Gasteiger partial charge >= 0.3 is 0 Å². The average Bonchev–Trinajstić information content (AvgIpc) is 3.22. The van der Waals surface area contributed by atoms with Crippen LogP contribution in [-0.4, -0.2) is 40.9 Å². The first kappa shape index (κ1) is 31.9. The summed E-state index contributed by atoms with van der Waals surface area (Å²) in [4.78, 5) is 16.4. The molecule has 0 saturated carbocycles. The molecule has 4 aromatic carbocycles. The van der Waals surface area contributed by atoms with E-state index in [-0.39, 0.29) is 36.3 Å². The Morgan fingerprint density at radius 3 is 2.32 bits per heavy atom. The molecule has 0 radical (unpaired) electrons. The Balaban J connectivity index is 1.40. The predicted molar refractivity (Wildman–Crippen MR) is 173 cm³/mol. The molecule has 44 heavy (non-hydrogen) atoms. The van der Waals surface area contributed by atoms with Crippen LogP contribution in [0.5, 0.6) is 11.5 Å². The minimum atomic E-state index is -3.48. The number of hydrogen-bond acceptors (Lipinski definition) is 6. The van der Waals surface area contributed by atoms with Crippen molar-refractivity contribution < 1.29 is 27.4 Å². The van der Waals surface area contributed by atoms with Gasteiger partial charge in [0, 0.05) is 27.4 Å². The van der Waals surface area contributed by atoms with Crippen molar-refractivity contribution in [1.82, 2.24) is 0 Å². The van der Waals surface area contributed by atoms with Crippen LogP contribution in [-0.2, 0) is 37.9 Å². The SMILES string of the molecule is COc1ccc(CN2C(=O)C(C)(c3cc(COCCS(=O)(=O)c4ccc(C)cc4)ccc3Cl)c3cc(Cl)ccc32)c(OC)c1. The van der Waals surface area contributed by atoms with E-state index in [9.17, 15) is 13.2 Å². The fourth-order valence-electron chi connectivity index (χ4n) is 5.48. The van der Waals surface area contributed by atoms with Crippen LogP contribution in [0.4, 0.5) is 5.69 Å². The molecule has 10 heteroatoms. The molecule has 0 fully saturated rings.